The standard InChI is InChI=1S/C13H18N6O3/c1-4-16(5-2)17(6-3)13-14-11-8-7-10(19(21)22)9-12(11)18(20)15-13/h7-9H,4-6H2,1-3H3. The molecule has 0 aliphatic heterocycles. The Morgan fingerprint density at radius 3 is 2.45 bits per heavy atom. The zero-order chi connectivity index (χ0) is 16.3. The SMILES string of the molecule is CCN(CC)N(CC)c1nc2ccc([N+](=O)[O-])cc2[n+]([O-])n1. The Bertz CT molecular complexity index is 689. The number of hydrogen-bond donors (Lipinski definition) is 0. The second-order valence-corrected chi connectivity index (χ2v) is 4.57. The van der Waals surface area contributed by atoms with Crippen LogP contribution < -0.4 is 9.85 Å². The van der Waals surface area contributed by atoms with Crippen molar-refractivity contribution in [2.75, 3.05) is 24.6 Å². The smallest absolute Gasteiger partial charge is 0.307 e. The molecule has 9 heteroatoms. The molecule has 0 aliphatic rings. The van der Waals surface area contributed by atoms with Gasteiger partial charge in [0.15, 0.2) is 0 Å². The molecule has 0 bridgehead atoms. The summed E-state index contributed by atoms with van der Waals surface area (Å²) < 4.78 is 0. The molecule has 0 saturated heterocycles. The summed E-state index contributed by atoms with van der Waals surface area (Å²) in [6.07, 6.45) is 0. The molecule has 9 nitrogen and oxygen atoms in total. The molecule has 1 aromatic heterocycles. The summed E-state index contributed by atoms with van der Waals surface area (Å²) in [6, 6.07) is 3.97. The van der Waals surface area contributed by atoms with Crippen molar-refractivity contribution in [1.29, 1.82) is 0 Å². The van der Waals surface area contributed by atoms with Gasteiger partial charge >= 0.3 is 5.95 Å². The van der Waals surface area contributed by atoms with Crippen LogP contribution in [0.1, 0.15) is 20.8 Å². The highest BCUT2D eigenvalue weighted by Gasteiger charge is 2.21. The van der Waals surface area contributed by atoms with E-state index >= 15 is 0 Å². The van der Waals surface area contributed by atoms with E-state index in [1.54, 1.807) is 0 Å². The molecule has 2 aromatic rings. The first-order valence-corrected chi connectivity index (χ1v) is 7.10. The lowest BCUT2D eigenvalue weighted by atomic mass is 10.3. The Kier molecular flexibility index (Phi) is 4.66. The third kappa shape index (κ3) is 2.89. The zero-order valence-electron chi connectivity index (χ0n) is 12.8. The van der Waals surface area contributed by atoms with Gasteiger partial charge in [-0.25, -0.2) is 9.99 Å². The van der Waals surface area contributed by atoms with E-state index in [1.807, 2.05) is 30.8 Å². The van der Waals surface area contributed by atoms with Gasteiger partial charge < -0.3 is 5.21 Å². The molecule has 0 N–H and O–H groups in total. The second kappa shape index (κ2) is 6.48. The number of rotatable bonds is 6. The van der Waals surface area contributed by atoms with E-state index in [4.69, 9.17) is 0 Å². The molecule has 0 atom stereocenters. The van der Waals surface area contributed by atoms with Crippen LogP contribution in [-0.4, -0.2) is 39.6 Å². The first kappa shape index (κ1) is 15.8. The average Bonchev–Trinajstić information content (AvgIpc) is 2.51. The first-order chi connectivity index (χ1) is 10.5. The highest BCUT2D eigenvalue weighted by atomic mass is 16.6. The van der Waals surface area contributed by atoms with E-state index < -0.39 is 4.92 Å². The van der Waals surface area contributed by atoms with Gasteiger partial charge in [0.1, 0.15) is 5.52 Å². The van der Waals surface area contributed by atoms with Gasteiger partial charge in [-0.15, -0.1) is 0 Å². The third-order valence-corrected chi connectivity index (χ3v) is 3.38. The number of hydrazine groups is 1. The summed E-state index contributed by atoms with van der Waals surface area (Å²) >= 11 is 0. The number of hydrogen-bond acceptors (Lipinski definition) is 7. The van der Waals surface area contributed by atoms with Crippen LogP contribution in [-0.2, 0) is 0 Å². The Hall–Kier alpha value is -2.55. The lowest BCUT2D eigenvalue weighted by molar-refractivity contribution is -0.642. The van der Waals surface area contributed by atoms with Crippen LogP contribution in [0, 0.1) is 15.3 Å². The Morgan fingerprint density at radius 2 is 1.91 bits per heavy atom. The minimum atomic E-state index is -0.554. The van der Waals surface area contributed by atoms with Crippen LogP contribution in [0.25, 0.3) is 11.0 Å². The van der Waals surface area contributed by atoms with Gasteiger partial charge in [-0.3, -0.25) is 15.1 Å². The van der Waals surface area contributed by atoms with E-state index in [0.717, 1.165) is 13.1 Å². The van der Waals surface area contributed by atoms with E-state index in [1.165, 1.54) is 18.2 Å². The lowest BCUT2D eigenvalue weighted by Gasteiger charge is -2.31. The van der Waals surface area contributed by atoms with E-state index in [2.05, 4.69) is 10.1 Å². The minimum absolute atomic E-state index is 0.0774. The van der Waals surface area contributed by atoms with Gasteiger partial charge in [0, 0.05) is 25.7 Å². The van der Waals surface area contributed by atoms with Gasteiger partial charge in [0.2, 0.25) is 0 Å². The van der Waals surface area contributed by atoms with Crippen LogP contribution in [0.3, 0.4) is 0 Å². The van der Waals surface area contributed by atoms with Crippen molar-refractivity contribution in [1.82, 2.24) is 15.1 Å². The average molecular weight is 306 g/mol. The molecule has 2 rings (SSSR count). The predicted octanol–water partition coefficient (Wildman–Crippen LogP) is 1.25. The van der Waals surface area contributed by atoms with Crippen molar-refractivity contribution >= 4 is 22.7 Å². The van der Waals surface area contributed by atoms with Crippen molar-refractivity contribution in [3.05, 3.63) is 33.5 Å². The Morgan fingerprint density at radius 1 is 1.23 bits per heavy atom. The summed E-state index contributed by atoms with van der Waals surface area (Å²) in [7, 11) is 0. The fourth-order valence-electron chi connectivity index (χ4n) is 2.28. The van der Waals surface area contributed by atoms with Gasteiger partial charge in [-0.05, 0) is 17.8 Å². The summed E-state index contributed by atoms with van der Waals surface area (Å²) in [5, 5.41) is 30.6. The van der Waals surface area contributed by atoms with Crippen LogP contribution in [0.15, 0.2) is 18.2 Å². The van der Waals surface area contributed by atoms with Gasteiger partial charge in [-0.1, -0.05) is 13.8 Å². The molecule has 0 saturated carbocycles. The third-order valence-electron chi connectivity index (χ3n) is 3.38. The molecule has 0 unspecified atom stereocenters. The minimum Gasteiger partial charge on any atom is -0.594 e. The van der Waals surface area contributed by atoms with Crippen LogP contribution in [0.5, 0.6) is 0 Å². The number of nitrogens with zero attached hydrogens (tertiary/aromatic N) is 6. The molecular weight excluding hydrogens is 288 g/mol. The highest BCUT2D eigenvalue weighted by Crippen LogP contribution is 2.18. The maximum atomic E-state index is 12.1. The van der Waals surface area contributed by atoms with Crippen molar-refractivity contribution in [2.45, 2.75) is 20.8 Å². The fourth-order valence-corrected chi connectivity index (χ4v) is 2.28. The van der Waals surface area contributed by atoms with Gasteiger partial charge in [-0.2, -0.15) is 0 Å². The largest absolute Gasteiger partial charge is 0.594 e. The monoisotopic (exact) mass is 306 g/mol. The summed E-state index contributed by atoms with van der Waals surface area (Å²) in [5.74, 6) is 0.280. The molecule has 22 heavy (non-hydrogen) atoms. The highest BCUT2D eigenvalue weighted by molar-refractivity contribution is 5.74. The zero-order valence-corrected chi connectivity index (χ0v) is 12.8. The molecular formula is C13H18N6O3. The molecule has 0 spiro atoms. The van der Waals surface area contributed by atoms with E-state index in [9.17, 15) is 15.3 Å². The van der Waals surface area contributed by atoms with Crippen molar-refractivity contribution < 1.29 is 9.77 Å². The maximum absolute atomic E-state index is 12.1. The second-order valence-electron chi connectivity index (χ2n) is 4.57. The summed E-state index contributed by atoms with van der Waals surface area (Å²) in [5.41, 5.74) is 0.286. The number of nitro groups is 1. The van der Waals surface area contributed by atoms with Crippen molar-refractivity contribution in [3.8, 4) is 0 Å². The number of anilines is 1. The maximum Gasteiger partial charge on any atom is 0.307 e. The van der Waals surface area contributed by atoms with E-state index in [-0.39, 0.29) is 17.2 Å². The molecule has 1 heterocycles. The van der Waals surface area contributed by atoms with Gasteiger partial charge in [0.05, 0.1) is 16.1 Å². The molecule has 118 valence electrons. The molecule has 0 aliphatic carbocycles. The number of benzene rings is 1. The normalized spacial score (nSPS) is 11.1. The van der Waals surface area contributed by atoms with Crippen LogP contribution in [0.4, 0.5) is 11.6 Å². The predicted molar refractivity (Wildman–Crippen MR) is 81.1 cm³/mol. The fraction of sp³-hybridized carbons (Fsp3) is 0.462. The molecule has 0 amide bonds. The molecule has 0 fully saturated rings. The summed E-state index contributed by atoms with van der Waals surface area (Å²) in [4.78, 5) is 15.0. The number of aromatic nitrogens is 3. The van der Waals surface area contributed by atoms with E-state index in [0.29, 0.717) is 16.9 Å². The van der Waals surface area contributed by atoms with Crippen LogP contribution in [0.2, 0.25) is 0 Å². The molecule has 0 radical (unpaired) electrons. The number of nitro benzene ring substituents is 1. The Balaban J connectivity index is 2.53. The van der Waals surface area contributed by atoms with Crippen LogP contribution >= 0.6 is 0 Å². The number of non-ortho nitro benzene ring substituents is 1. The van der Waals surface area contributed by atoms with Crippen molar-refractivity contribution in [3.63, 3.8) is 0 Å². The van der Waals surface area contributed by atoms with Gasteiger partial charge in [0.25, 0.3) is 11.2 Å². The first-order valence-electron chi connectivity index (χ1n) is 7.10. The summed E-state index contributed by atoms with van der Waals surface area (Å²) in [6.45, 7) is 8.07. The topological polar surface area (TPSA) is 102 Å². The Labute approximate surface area is 127 Å². The molecule has 1 aromatic carbocycles. The quantitative estimate of drug-likeness (QED) is 0.342. The van der Waals surface area contributed by atoms with Crippen molar-refractivity contribution in [2.24, 2.45) is 0 Å². The lowest BCUT2D eigenvalue weighted by Crippen LogP contribution is -2.46. The number of fused-ring (bicyclic) bond motifs is 1.